The van der Waals surface area contributed by atoms with E-state index in [9.17, 15) is 0 Å². The van der Waals surface area contributed by atoms with Gasteiger partial charge in [0.15, 0.2) is 0 Å². The molecule has 0 aliphatic rings. The van der Waals surface area contributed by atoms with Gasteiger partial charge in [-0.25, -0.2) is 0 Å². The summed E-state index contributed by atoms with van der Waals surface area (Å²) in [5, 5.41) is 0. The van der Waals surface area contributed by atoms with Crippen LogP contribution in [-0.4, -0.2) is 58.2 Å². The van der Waals surface area contributed by atoms with E-state index < -0.39 is 18.5 Å². The average Bonchev–Trinajstić information content (AvgIpc) is 2.31. The standard InChI is InChI=1S/6C2H5O.Sb/c6*1-2-3;/h6*2H2,1H3;/q6*-1;+5. The third kappa shape index (κ3) is 3.82. The summed E-state index contributed by atoms with van der Waals surface area (Å²) in [6, 6.07) is 0. The first-order valence-corrected chi connectivity index (χ1v) is 13.3. The van der Waals surface area contributed by atoms with E-state index in [-0.39, 0.29) is 0 Å². The second-order valence-corrected chi connectivity index (χ2v) is 14.4. The molecule has 0 atom stereocenters. The Kier molecular flexibility index (Phi) is 7.78. The van der Waals surface area contributed by atoms with E-state index in [2.05, 4.69) is 0 Å². The van der Waals surface area contributed by atoms with Gasteiger partial charge in [-0.3, -0.25) is 0 Å². The zero-order valence-electron chi connectivity index (χ0n) is 13.1. The second kappa shape index (κ2) is 7.55. The van der Waals surface area contributed by atoms with Crippen molar-refractivity contribution in [1.82, 2.24) is 0 Å². The Labute approximate surface area is 118 Å². The SMILES string of the molecule is CC[O][Sb-]([O]CC)([O]CC)([O]CC)([O]CC)[O]CC. The normalized spacial score (nSPS) is 16.1. The van der Waals surface area contributed by atoms with Crippen molar-refractivity contribution in [3.8, 4) is 0 Å². The molecule has 0 saturated heterocycles. The third-order valence-corrected chi connectivity index (χ3v) is 15.8. The molecule has 7 heteroatoms. The fourth-order valence-electron chi connectivity index (χ4n) is 2.14. The van der Waals surface area contributed by atoms with E-state index in [4.69, 9.17) is 18.1 Å². The van der Waals surface area contributed by atoms with Gasteiger partial charge < -0.3 is 0 Å². The van der Waals surface area contributed by atoms with E-state index in [1.165, 1.54) is 0 Å². The molecule has 6 nitrogen and oxygen atoms in total. The van der Waals surface area contributed by atoms with Gasteiger partial charge in [-0.05, 0) is 0 Å². The Balaban J connectivity index is 6.00. The Hall–Kier alpha value is 0.578. The summed E-state index contributed by atoms with van der Waals surface area (Å²) in [6.45, 7) is 12.9. The Morgan fingerprint density at radius 3 is 0.684 bits per heavy atom. The first-order valence-electron chi connectivity index (χ1n) is 7.07. The van der Waals surface area contributed by atoms with Gasteiger partial charge in [0, 0.05) is 0 Å². The molecule has 0 radical (unpaired) electrons. The van der Waals surface area contributed by atoms with Crippen molar-refractivity contribution >= 4 is 18.5 Å². The molecule has 0 heterocycles. The van der Waals surface area contributed by atoms with Crippen molar-refractivity contribution in [3.63, 3.8) is 0 Å². The molecule has 0 fully saturated rings. The van der Waals surface area contributed by atoms with Crippen LogP contribution in [0.2, 0.25) is 0 Å². The van der Waals surface area contributed by atoms with E-state index in [0.717, 1.165) is 0 Å². The van der Waals surface area contributed by atoms with E-state index in [1.807, 2.05) is 41.5 Å². The van der Waals surface area contributed by atoms with E-state index in [0.29, 0.717) is 39.6 Å². The summed E-state index contributed by atoms with van der Waals surface area (Å²) in [5.74, 6) is 0. The predicted octanol–water partition coefficient (Wildman–Crippen LogP) is 2.54. The third-order valence-electron chi connectivity index (χ3n) is 2.36. The number of rotatable bonds is 12. The molecule has 120 valence electrons. The quantitative estimate of drug-likeness (QED) is 0.476. The van der Waals surface area contributed by atoms with Crippen LogP contribution in [0.3, 0.4) is 0 Å². The zero-order chi connectivity index (χ0) is 14.9. The summed E-state index contributed by atoms with van der Waals surface area (Å²) in [7, 11) is 0. The molecule has 0 unspecified atom stereocenters. The van der Waals surface area contributed by atoms with Crippen molar-refractivity contribution in [3.05, 3.63) is 0 Å². The summed E-state index contributed by atoms with van der Waals surface area (Å²) in [5.41, 5.74) is 0. The van der Waals surface area contributed by atoms with Crippen LogP contribution in [0.5, 0.6) is 0 Å². The Bertz CT molecular complexity index is 189. The summed E-state index contributed by atoms with van der Waals surface area (Å²) >= 11 is -5.94. The van der Waals surface area contributed by atoms with Crippen LogP contribution in [0.15, 0.2) is 0 Å². The van der Waals surface area contributed by atoms with Crippen molar-refractivity contribution in [2.75, 3.05) is 39.6 Å². The summed E-state index contributed by atoms with van der Waals surface area (Å²) in [6.07, 6.45) is 0. The molecule has 0 spiro atoms. The van der Waals surface area contributed by atoms with Crippen molar-refractivity contribution < 1.29 is 18.1 Å². The van der Waals surface area contributed by atoms with Crippen LogP contribution < -0.4 is 0 Å². The monoisotopic (exact) mass is 391 g/mol. The van der Waals surface area contributed by atoms with Crippen molar-refractivity contribution in [2.24, 2.45) is 0 Å². The van der Waals surface area contributed by atoms with Crippen LogP contribution in [0.1, 0.15) is 41.5 Å². The molecule has 0 N–H and O–H groups in total. The molecule has 0 aromatic carbocycles. The van der Waals surface area contributed by atoms with Gasteiger partial charge >= 0.3 is 118 Å². The van der Waals surface area contributed by atoms with Crippen molar-refractivity contribution in [2.45, 2.75) is 41.5 Å². The van der Waals surface area contributed by atoms with Crippen LogP contribution in [0.25, 0.3) is 0 Å². The molecular formula is C12H30O6Sb-. The van der Waals surface area contributed by atoms with Gasteiger partial charge in [0.05, 0.1) is 0 Å². The minimum absolute atomic E-state index is 0.314. The minimum atomic E-state index is -5.94. The predicted molar refractivity (Wildman–Crippen MR) is 75.5 cm³/mol. The van der Waals surface area contributed by atoms with Gasteiger partial charge in [-0.15, -0.1) is 0 Å². The molecule has 0 aliphatic carbocycles. The molecule has 0 aromatic rings. The van der Waals surface area contributed by atoms with Gasteiger partial charge in [0.25, 0.3) is 0 Å². The van der Waals surface area contributed by atoms with E-state index >= 15 is 0 Å². The first-order chi connectivity index (χ1) is 8.97. The fraction of sp³-hybridized carbons (Fsp3) is 1.00. The number of hydrogen-bond acceptors (Lipinski definition) is 6. The van der Waals surface area contributed by atoms with Gasteiger partial charge in [0.1, 0.15) is 0 Å². The van der Waals surface area contributed by atoms with Gasteiger partial charge in [-0.2, -0.15) is 0 Å². The molecule has 0 aliphatic heterocycles. The molecule has 0 rings (SSSR count). The Morgan fingerprint density at radius 2 is 0.579 bits per heavy atom. The van der Waals surface area contributed by atoms with Crippen LogP contribution in [0.4, 0.5) is 0 Å². The maximum absolute atomic E-state index is 5.94. The second-order valence-electron chi connectivity index (χ2n) is 3.62. The molecule has 0 bridgehead atoms. The number of hydrogen-bond donors (Lipinski definition) is 0. The van der Waals surface area contributed by atoms with Crippen LogP contribution in [-0.2, 0) is 18.1 Å². The van der Waals surface area contributed by atoms with Gasteiger partial charge in [-0.1, -0.05) is 0 Å². The molecule has 0 amide bonds. The zero-order valence-corrected chi connectivity index (χ0v) is 15.7. The van der Waals surface area contributed by atoms with Crippen LogP contribution in [0, 0.1) is 0 Å². The average molecular weight is 392 g/mol. The van der Waals surface area contributed by atoms with Gasteiger partial charge in [0.2, 0.25) is 0 Å². The maximum atomic E-state index is 5.89. The van der Waals surface area contributed by atoms with E-state index in [1.54, 1.807) is 0 Å². The summed E-state index contributed by atoms with van der Waals surface area (Å²) < 4.78 is 35.4. The molecule has 0 saturated carbocycles. The molecule has 0 aromatic heterocycles. The summed E-state index contributed by atoms with van der Waals surface area (Å²) in [4.78, 5) is 0. The molecule has 19 heavy (non-hydrogen) atoms. The van der Waals surface area contributed by atoms with Crippen LogP contribution >= 0.6 is 0 Å². The topological polar surface area (TPSA) is 55.4 Å². The Morgan fingerprint density at radius 1 is 0.421 bits per heavy atom. The first kappa shape index (κ1) is 19.6. The molecular weight excluding hydrogens is 362 g/mol. The van der Waals surface area contributed by atoms with Crippen molar-refractivity contribution in [1.29, 1.82) is 0 Å². The fourth-order valence-corrected chi connectivity index (χ4v) is 14.4.